The number of aryl methyl sites for hydroxylation is 1. The summed E-state index contributed by atoms with van der Waals surface area (Å²) in [4.78, 5) is 12.5. The molecule has 1 amide bonds. The fraction of sp³-hybridized carbons (Fsp3) is 0.316. The number of aliphatic hydroxyl groups excluding tert-OH is 1. The Bertz CT molecular complexity index is 685. The molecule has 0 aromatic heterocycles. The molecule has 3 N–H and O–H groups in total. The number of nitrogens with one attached hydrogen (secondary N) is 2. The molecule has 3 rings (SSSR count). The van der Waals surface area contributed by atoms with Crippen LogP contribution in [0, 0.1) is 6.92 Å². The van der Waals surface area contributed by atoms with Gasteiger partial charge in [0, 0.05) is 12.1 Å². The van der Waals surface area contributed by atoms with Crippen LogP contribution < -0.4 is 10.6 Å². The molecule has 23 heavy (non-hydrogen) atoms. The van der Waals surface area contributed by atoms with Gasteiger partial charge < -0.3 is 15.7 Å². The fourth-order valence-electron chi connectivity index (χ4n) is 3.07. The first-order chi connectivity index (χ1) is 11.2. The van der Waals surface area contributed by atoms with Crippen molar-refractivity contribution in [2.75, 3.05) is 11.9 Å². The van der Waals surface area contributed by atoms with Gasteiger partial charge in [-0.25, -0.2) is 0 Å². The fourth-order valence-corrected chi connectivity index (χ4v) is 3.07. The molecule has 0 bridgehead atoms. The van der Waals surface area contributed by atoms with Gasteiger partial charge in [0.1, 0.15) is 6.04 Å². The summed E-state index contributed by atoms with van der Waals surface area (Å²) >= 11 is 0. The van der Waals surface area contributed by atoms with Crippen molar-refractivity contribution < 1.29 is 9.90 Å². The standard InChI is InChI=1S/C19H22N2O2/c1-13-6-5-9-15-11-17(21-18(13)15)19(23)20-16(12-22)10-14-7-3-2-4-8-14/h2-9,16-17,21-22H,10-12H2,1H3,(H,20,23)/t16-,17?/m1/s1. The predicted octanol–water partition coefficient (Wildman–Crippen LogP) is 2.05. The van der Waals surface area contributed by atoms with Crippen LogP contribution in [0.1, 0.15) is 16.7 Å². The van der Waals surface area contributed by atoms with Crippen LogP contribution in [0.25, 0.3) is 0 Å². The number of fused-ring (bicyclic) bond motifs is 1. The van der Waals surface area contributed by atoms with Gasteiger partial charge in [-0.05, 0) is 30.0 Å². The van der Waals surface area contributed by atoms with Crippen molar-refractivity contribution in [3.05, 3.63) is 65.2 Å². The van der Waals surface area contributed by atoms with E-state index < -0.39 is 0 Å². The zero-order chi connectivity index (χ0) is 16.2. The molecule has 2 aromatic rings. The lowest BCUT2D eigenvalue weighted by Crippen LogP contribution is -2.46. The minimum Gasteiger partial charge on any atom is -0.394 e. The van der Waals surface area contributed by atoms with Crippen LogP contribution in [0.5, 0.6) is 0 Å². The minimum atomic E-state index is -0.268. The maximum absolute atomic E-state index is 12.5. The lowest BCUT2D eigenvalue weighted by atomic mass is 10.0. The van der Waals surface area contributed by atoms with E-state index in [4.69, 9.17) is 0 Å². The molecule has 4 heteroatoms. The Labute approximate surface area is 136 Å². The van der Waals surface area contributed by atoms with Gasteiger partial charge in [-0.2, -0.15) is 0 Å². The van der Waals surface area contributed by atoms with Gasteiger partial charge in [0.25, 0.3) is 0 Å². The highest BCUT2D eigenvalue weighted by Gasteiger charge is 2.28. The van der Waals surface area contributed by atoms with Crippen molar-refractivity contribution in [2.24, 2.45) is 0 Å². The van der Waals surface area contributed by atoms with Crippen LogP contribution in [0.4, 0.5) is 5.69 Å². The quantitative estimate of drug-likeness (QED) is 0.792. The first kappa shape index (κ1) is 15.6. The van der Waals surface area contributed by atoms with Crippen molar-refractivity contribution in [2.45, 2.75) is 31.8 Å². The molecule has 0 spiro atoms. The average Bonchev–Trinajstić information content (AvgIpc) is 3.01. The molecule has 0 saturated carbocycles. The summed E-state index contributed by atoms with van der Waals surface area (Å²) in [6, 6.07) is 15.5. The van der Waals surface area contributed by atoms with Crippen molar-refractivity contribution in [1.82, 2.24) is 5.32 Å². The normalized spacial score (nSPS) is 17.2. The molecule has 2 aromatic carbocycles. The van der Waals surface area contributed by atoms with Crippen molar-refractivity contribution in [3.63, 3.8) is 0 Å². The summed E-state index contributed by atoms with van der Waals surface area (Å²) in [5.41, 5.74) is 4.50. The maximum Gasteiger partial charge on any atom is 0.243 e. The van der Waals surface area contributed by atoms with E-state index in [9.17, 15) is 9.90 Å². The smallest absolute Gasteiger partial charge is 0.243 e. The Kier molecular flexibility index (Phi) is 4.63. The third-order valence-electron chi connectivity index (χ3n) is 4.31. The molecule has 0 fully saturated rings. The van der Waals surface area contributed by atoms with Crippen molar-refractivity contribution >= 4 is 11.6 Å². The number of amides is 1. The third kappa shape index (κ3) is 3.54. The molecule has 0 saturated heterocycles. The second-order valence-corrected chi connectivity index (χ2v) is 6.09. The van der Waals surface area contributed by atoms with Gasteiger partial charge >= 0.3 is 0 Å². The summed E-state index contributed by atoms with van der Waals surface area (Å²) in [5.74, 6) is -0.0596. The first-order valence-corrected chi connectivity index (χ1v) is 7.97. The van der Waals surface area contributed by atoms with E-state index in [1.807, 2.05) is 49.4 Å². The van der Waals surface area contributed by atoms with Crippen LogP contribution in [0.15, 0.2) is 48.5 Å². The Hall–Kier alpha value is -2.33. The molecule has 2 atom stereocenters. The number of benzene rings is 2. The van der Waals surface area contributed by atoms with Crippen LogP contribution in [-0.4, -0.2) is 29.7 Å². The summed E-state index contributed by atoms with van der Waals surface area (Å²) in [7, 11) is 0. The Morgan fingerprint density at radius 1 is 1.26 bits per heavy atom. The van der Waals surface area contributed by atoms with Gasteiger partial charge in [0.05, 0.1) is 12.6 Å². The topological polar surface area (TPSA) is 61.4 Å². The summed E-state index contributed by atoms with van der Waals surface area (Å²) < 4.78 is 0. The van der Waals surface area contributed by atoms with Crippen molar-refractivity contribution in [3.8, 4) is 0 Å². The number of carbonyl (C=O) groups is 1. The van der Waals surface area contributed by atoms with Gasteiger partial charge in [0.15, 0.2) is 0 Å². The van der Waals surface area contributed by atoms with Crippen LogP contribution >= 0.6 is 0 Å². The van der Waals surface area contributed by atoms with E-state index in [2.05, 4.69) is 16.7 Å². The molecular weight excluding hydrogens is 288 g/mol. The third-order valence-corrected chi connectivity index (χ3v) is 4.31. The SMILES string of the molecule is Cc1cccc2c1NC(C(=O)N[C@@H](CO)Cc1ccccc1)C2. The van der Waals surface area contributed by atoms with Gasteiger partial charge in [-0.15, -0.1) is 0 Å². The van der Waals surface area contributed by atoms with Crippen molar-refractivity contribution in [1.29, 1.82) is 0 Å². The molecule has 1 aliphatic heterocycles. The monoisotopic (exact) mass is 310 g/mol. The van der Waals surface area contributed by atoms with E-state index in [0.717, 1.165) is 16.8 Å². The predicted molar refractivity (Wildman–Crippen MR) is 91.5 cm³/mol. The molecule has 1 heterocycles. The van der Waals surface area contributed by atoms with E-state index in [1.165, 1.54) is 5.56 Å². The highest BCUT2D eigenvalue weighted by molar-refractivity contribution is 5.88. The summed E-state index contributed by atoms with van der Waals surface area (Å²) in [5, 5.41) is 15.8. The number of anilines is 1. The maximum atomic E-state index is 12.5. The van der Waals surface area contributed by atoms with Crippen LogP contribution in [-0.2, 0) is 17.6 Å². The number of aliphatic hydroxyl groups is 1. The Balaban J connectivity index is 1.62. The second kappa shape index (κ2) is 6.84. The second-order valence-electron chi connectivity index (χ2n) is 6.09. The zero-order valence-electron chi connectivity index (χ0n) is 13.3. The Morgan fingerprint density at radius 2 is 2.04 bits per heavy atom. The molecule has 0 radical (unpaired) electrons. The number of hydrogen-bond acceptors (Lipinski definition) is 3. The zero-order valence-corrected chi connectivity index (χ0v) is 13.3. The lowest BCUT2D eigenvalue weighted by Gasteiger charge is -2.19. The average molecular weight is 310 g/mol. The van der Waals surface area contributed by atoms with Gasteiger partial charge in [-0.1, -0.05) is 48.5 Å². The minimum absolute atomic E-state index is 0.0596. The Morgan fingerprint density at radius 3 is 2.74 bits per heavy atom. The molecule has 120 valence electrons. The number of rotatable bonds is 5. The lowest BCUT2D eigenvalue weighted by molar-refractivity contribution is -0.122. The van der Waals surface area contributed by atoms with Gasteiger partial charge in [-0.3, -0.25) is 4.79 Å². The molecule has 4 nitrogen and oxygen atoms in total. The highest BCUT2D eigenvalue weighted by atomic mass is 16.3. The van der Waals surface area contributed by atoms with E-state index in [1.54, 1.807) is 0 Å². The molecule has 1 aliphatic rings. The summed E-state index contributed by atoms with van der Waals surface area (Å²) in [6.07, 6.45) is 1.31. The molecule has 1 unspecified atom stereocenters. The number of para-hydroxylation sites is 1. The van der Waals surface area contributed by atoms with Crippen LogP contribution in [0.2, 0.25) is 0 Å². The molecule has 0 aliphatic carbocycles. The number of hydrogen-bond donors (Lipinski definition) is 3. The highest BCUT2D eigenvalue weighted by Crippen LogP contribution is 2.29. The first-order valence-electron chi connectivity index (χ1n) is 7.97. The van der Waals surface area contributed by atoms with E-state index in [0.29, 0.717) is 12.8 Å². The van der Waals surface area contributed by atoms with E-state index in [-0.39, 0.29) is 24.6 Å². The van der Waals surface area contributed by atoms with Gasteiger partial charge in [0.2, 0.25) is 5.91 Å². The summed E-state index contributed by atoms with van der Waals surface area (Å²) in [6.45, 7) is 1.97. The molecular formula is C19H22N2O2. The van der Waals surface area contributed by atoms with Crippen LogP contribution in [0.3, 0.4) is 0 Å². The number of carbonyl (C=O) groups excluding carboxylic acids is 1. The largest absolute Gasteiger partial charge is 0.394 e. The van der Waals surface area contributed by atoms with E-state index >= 15 is 0 Å².